The highest BCUT2D eigenvalue weighted by Gasteiger charge is 2.24. The molecule has 0 bridgehead atoms. The number of nitrogens with one attached hydrogen (secondary N) is 1. The largest absolute Gasteiger partial charge is 0.344 e. The van der Waals surface area contributed by atoms with Crippen LogP contribution in [-0.2, 0) is 0 Å². The Morgan fingerprint density at radius 1 is 1.38 bits per heavy atom. The molecule has 1 aliphatic heterocycles. The van der Waals surface area contributed by atoms with Gasteiger partial charge in [-0.3, -0.25) is 4.79 Å². The quantitative estimate of drug-likeness (QED) is 0.772. The number of fused-ring (bicyclic) bond motifs is 2. The molecule has 4 rings (SSSR count). The third-order valence-electron chi connectivity index (χ3n) is 4.25. The molecule has 0 fully saturated rings. The maximum absolute atomic E-state index is 13.6. The number of benzene rings is 1. The molecule has 4 nitrogen and oxygen atoms in total. The van der Waals surface area contributed by atoms with E-state index in [-0.39, 0.29) is 17.8 Å². The molecule has 0 saturated heterocycles. The van der Waals surface area contributed by atoms with Gasteiger partial charge in [0.1, 0.15) is 17.2 Å². The summed E-state index contributed by atoms with van der Waals surface area (Å²) in [7, 11) is 0. The topological polar surface area (TPSA) is 46.4 Å². The first-order valence-electron chi connectivity index (χ1n) is 7.79. The van der Waals surface area contributed by atoms with Gasteiger partial charge >= 0.3 is 0 Å². The highest BCUT2D eigenvalue weighted by Crippen LogP contribution is 2.36. The summed E-state index contributed by atoms with van der Waals surface area (Å²) in [5, 5.41) is 3.00. The number of amides is 1. The first-order valence-corrected chi connectivity index (χ1v) is 8.78. The number of hydrogen-bond acceptors (Lipinski definition) is 3. The number of pyridine rings is 1. The van der Waals surface area contributed by atoms with E-state index in [1.54, 1.807) is 24.0 Å². The lowest BCUT2D eigenvalue weighted by Crippen LogP contribution is -2.31. The Hall–Kier alpha value is -2.34. The van der Waals surface area contributed by atoms with Gasteiger partial charge in [-0.2, -0.15) is 0 Å². The van der Waals surface area contributed by atoms with E-state index in [2.05, 4.69) is 10.3 Å². The number of nitrogens with zero attached hydrogens (tertiary/aromatic N) is 2. The van der Waals surface area contributed by atoms with E-state index in [0.717, 1.165) is 34.0 Å². The standard InChI is InChI=1S/C18H16FN3OS/c1-11-3-2-4-17-20-15(10-22(11)17)18(23)21-14-7-8-24-16-6-5-12(19)9-13(14)16/h2-6,9-10,14H,7-8H2,1H3,(H,21,23)/t14-/m0/s1. The lowest BCUT2D eigenvalue weighted by Gasteiger charge is -2.25. The molecule has 0 unspecified atom stereocenters. The molecule has 2 aromatic heterocycles. The molecule has 3 heterocycles. The molecule has 1 N–H and O–H groups in total. The molecular weight excluding hydrogens is 325 g/mol. The lowest BCUT2D eigenvalue weighted by molar-refractivity contribution is 0.0930. The van der Waals surface area contributed by atoms with Gasteiger partial charge in [-0.15, -0.1) is 11.8 Å². The Kier molecular flexibility index (Phi) is 3.76. The van der Waals surface area contributed by atoms with Crippen LogP contribution >= 0.6 is 11.8 Å². The molecule has 3 aromatic rings. The average molecular weight is 341 g/mol. The zero-order chi connectivity index (χ0) is 16.7. The first kappa shape index (κ1) is 15.2. The molecule has 0 spiro atoms. The monoisotopic (exact) mass is 341 g/mol. The number of imidazole rings is 1. The summed E-state index contributed by atoms with van der Waals surface area (Å²) in [6.45, 7) is 1.97. The summed E-state index contributed by atoms with van der Waals surface area (Å²) in [5.74, 6) is 0.387. The van der Waals surface area contributed by atoms with E-state index in [9.17, 15) is 9.18 Å². The van der Waals surface area contributed by atoms with Crippen molar-refractivity contribution < 1.29 is 9.18 Å². The van der Waals surface area contributed by atoms with Crippen molar-refractivity contribution >= 4 is 23.3 Å². The van der Waals surface area contributed by atoms with Gasteiger partial charge in [0.05, 0.1) is 6.04 Å². The van der Waals surface area contributed by atoms with E-state index >= 15 is 0 Å². The Labute approximate surface area is 143 Å². The number of halogens is 1. The van der Waals surface area contributed by atoms with Gasteiger partial charge in [0, 0.05) is 22.5 Å². The van der Waals surface area contributed by atoms with Crippen molar-refractivity contribution in [3.63, 3.8) is 0 Å². The van der Waals surface area contributed by atoms with Crippen molar-refractivity contribution in [1.82, 2.24) is 14.7 Å². The number of carbonyl (C=O) groups is 1. The van der Waals surface area contributed by atoms with Crippen LogP contribution in [0.1, 0.15) is 34.2 Å². The number of aromatic nitrogens is 2. The SMILES string of the molecule is Cc1cccc2nc(C(=O)N[C@H]3CCSc4ccc(F)cc43)cn12. The van der Waals surface area contributed by atoms with Crippen molar-refractivity contribution in [3.05, 3.63) is 65.4 Å². The summed E-state index contributed by atoms with van der Waals surface area (Å²) in [5.41, 5.74) is 2.98. The van der Waals surface area contributed by atoms with Crippen LogP contribution < -0.4 is 5.32 Å². The molecule has 0 radical (unpaired) electrons. The summed E-state index contributed by atoms with van der Waals surface area (Å²) in [4.78, 5) is 18.0. The fraction of sp³-hybridized carbons (Fsp3) is 0.222. The van der Waals surface area contributed by atoms with Crippen LogP contribution in [0.2, 0.25) is 0 Å². The lowest BCUT2D eigenvalue weighted by atomic mass is 10.0. The van der Waals surface area contributed by atoms with Crippen molar-refractivity contribution in [2.75, 3.05) is 5.75 Å². The highest BCUT2D eigenvalue weighted by molar-refractivity contribution is 7.99. The predicted molar refractivity (Wildman–Crippen MR) is 91.9 cm³/mol. The van der Waals surface area contributed by atoms with Crippen LogP contribution in [0, 0.1) is 12.7 Å². The molecule has 122 valence electrons. The molecule has 0 saturated carbocycles. The minimum absolute atomic E-state index is 0.185. The number of thioether (sulfide) groups is 1. The molecule has 1 aliphatic rings. The fourth-order valence-electron chi connectivity index (χ4n) is 3.01. The van der Waals surface area contributed by atoms with Gasteiger partial charge in [0.2, 0.25) is 0 Å². The van der Waals surface area contributed by atoms with Gasteiger partial charge in [-0.1, -0.05) is 6.07 Å². The summed E-state index contributed by atoms with van der Waals surface area (Å²) < 4.78 is 15.5. The van der Waals surface area contributed by atoms with Gasteiger partial charge < -0.3 is 9.72 Å². The van der Waals surface area contributed by atoms with E-state index in [1.807, 2.05) is 29.5 Å². The molecule has 6 heteroatoms. The maximum Gasteiger partial charge on any atom is 0.271 e. The van der Waals surface area contributed by atoms with Crippen molar-refractivity contribution in [2.24, 2.45) is 0 Å². The molecule has 1 aromatic carbocycles. The van der Waals surface area contributed by atoms with Crippen LogP contribution in [-0.4, -0.2) is 21.0 Å². The Morgan fingerprint density at radius 2 is 2.25 bits per heavy atom. The number of rotatable bonds is 2. The van der Waals surface area contributed by atoms with Crippen LogP contribution in [0.25, 0.3) is 5.65 Å². The molecular formula is C18H16FN3OS. The van der Waals surface area contributed by atoms with Crippen LogP contribution in [0.5, 0.6) is 0 Å². The van der Waals surface area contributed by atoms with E-state index in [0.29, 0.717) is 5.69 Å². The van der Waals surface area contributed by atoms with Gasteiger partial charge in [-0.05, 0) is 49.2 Å². The smallest absolute Gasteiger partial charge is 0.271 e. The second kappa shape index (κ2) is 5.94. The minimum Gasteiger partial charge on any atom is -0.344 e. The summed E-state index contributed by atoms with van der Waals surface area (Å²) >= 11 is 1.69. The maximum atomic E-state index is 13.6. The third-order valence-corrected chi connectivity index (χ3v) is 5.37. The average Bonchev–Trinajstić information content (AvgIpc) is 3.01. The third kappa shape index (κ3) is 2.67. The Balaban J connectivity index is 1.62. The van der Waals surface area contributed by atoms with E-state index in [4.69, 9.17) is 0 Å². The molecule has 24 heavy (non-hydrogen) atoms. The zero-order valence-electron chi connectivity index (χ0n) is 13.1. The van der Waals surface area contributed by atoms with Gasteiger partial charge in [-0.25, -0.2) is 9.37 Å². The normalized spacial score (nSPS) is 16.8. The summed E-state index contributed by atoms with van der Waals surface area (Å²) in [6.07, 6.45) is 2.52. The Bertz CT molecular complexity index is 937. The van der Waals surface area contributed by atoms with E-state index in [1.165, 1.54) is 12.1 Å². The van der Waals surface area contributed by atoms with Crippen LogP contribution in [0.15, 0.2) is 47.5 Å². The van der Waals surface area contributed by atoms with Crippen LogP contribution in [0.4, 0.5) is 4.39 Å². The predicted octanol–water partition coefficient (Wildman–Crippen LogP) is 3.75. The number of hydrogen-bond donors (Lipinski definition) is 1. The fourth-order valence-corrected chi connectivity index (χ4v) is 4.11. The second-order valence-corrected chi connectivity index (χ2v) is 7.00. The number of aryl methyl sites for hydroxylation is 1. The summed E-state index contributed by atoms with van der Waals surface area (Å²) in [6, 6.07) is 10.3. The molecule has 1 atom stereocenters. The second-order valence-electron chi connectivity index (χ2n) is 5.87. The van der Waals surface area contributed by atoms with Crippen molar-refractivity contribution in [1.29, 1.82) is 0 Å². The highest BCUT2D eigenvalue weighted by atomic mass is 32.2. The van der Waals surface area contributed by atoms with Crippen LogP contribution in [0.3, 0.4) is 0 Å². The zero-order valence-corrected chi connectivity index (χ0v) is 13.9. The Morgan fingerprint density at radius 3 is 3.08 bits per heavy atom. The van der Waals surface area contributed by atoms with Crippen molar-refractivity contribution in [2.45, 2.75) is 24.3 Å². The minimum atomic E-state index is -0.279. The van der Waals surface area contributed by atoms with Crippen molar-refractivity contribution in [3.8, 4) is 0 Å². The van der Waals surface area contributed by atoms with Gasteiger partial charge in [0.25, 0.3) is 5.91 Å². The number of carbonyl (C=O) groups excluding carboxylic acids is 1. The van der Waals surface area contributed by atoms with Gasteiger partial charge in [0.15, 0.2) is 0 Å². The molecule has 1 amide bonds. The first-order chi connectivity index (χ1) is 11.6. The molecule has 0 aliphatic carbocycles. The van der Waals surface area contributed by atoms with E-state index < -0.39 is 0 Å².